The lowest BCUT2D eigenvalue weighted by molar-refractivity contribution is -0.130. The van der Waals surface area contributed by atoms with Crippen molar-refractivity contribution in [3.63, 3.8) is 0 Å². The summed E-state index contributed by atoms with van der Waals surface area (Å²) in [6.07, 6.45) is 10.6. The third-order valence-electron chi connectivity index (χ3n) is 10.9. The van der Waals surface area contributed by atoms with E-state index in [1.54, 1.807) is 46.5 Å². The van der Waals surface area contributed by atoms with Gasteiger partial charge in [-0.25, -0.2) is 9.79 Å². The molecule has 1 aliphatic heterocycles. The van der Waals surface area contributed by atoms with Crippen molar-refractivity contribution in [2.75, 3.05) is 42.7 Å². The number of carbonyl (C=O) groups excluding carboxylic acids is 1. The quantitative estimate of drug-likeness (QED) is 0.0978. The molecule has 1 atom stereocenters. The van der Waals surface area contributed by atoms with Crippen LogP contribution in [0.5, 0.6) is 34.5 Å². The number of esters is 1. The molecule has 0 radical (unpaired) electrons. The van der Waals surface area contributed by atoms with Crippen LogP contribution >= 0.6 is 0 Å². The van der Waals surface area contributed by atoms with E-state index in [1.807, 2.05) is 6.07 Å². The monoisotopic (exact) mass is 815 g/mol. The van der Waals surface area contributed by atoms with Gasteiger partial charge in [0, 0.05) is 52.1 Å². The molecular formula is C49H57N3O8. The number of aromatic amines is 2. The molecule has 0 spiro atoms. The van der Waals surface area contributed by atoms with E-state index in [0.29, 0.717) is 46.1 Å². The van der Waals surface area contributed by atoms with Gasteiger partial charge in [0.15, 0.2) is 34.6 Å². The van der Waals surface area contributed by atoms with Crippen molar-refractivity contribution in [2.45, 2.75) is 72.1 Å². The summed E-state index contributed by atoms with van der Waals surface area (Å²) >= 11 is 0. The van der Waals surface area contributed by atoms with Crippen LogP contribution in [0.25, 0.3) is 27.9 Å². The van der Waals surface area contributed by atoms with Gasteiger partial charge >= 0.3 is 5.97 Å². The standard InChI is InChI=1S/C23H27NO3.C14H15NO5.C12H15N/c1-14-8-10-19-18(12-14)17-7-5-6-15(21(17)24-19)13-16-9-11-20(25-2)23(27-4)22(16)26-3;1-8-15-10(14(16)20-8)7-9-5-6-11(17-2)13(19-4)12(9)18-3;1-3-4-10-8-13-12-6-5-9(2)7-11(10)12/h8-12,15,24H,5-7,13H2,1-4H3;5-7H,1-4H3;5-8,13H,3-4H2,1-2H3/b;10-7-;. The van der Waals surface area contributed by atoms with Crippen molar-refractivity contribution >= 4 is 39.7 Å². The predicted octanol–water partition coefficient (Wildman–Crippen LogP) is 10.6. The van der Waals surface area contributed by atoms with Crippen molar-refractivity contribution in [2.24, 2.45) is 4.99 Å². The van der Waals surface area contributed by atoms with Gasteiger partial charge < -0.3 is 43.1 Å². The lowest BCUT2D eigenvalue weighted by atomic mass is 9.82. The van der Waals surface area contributed by atoms with Crippen molar-refractivity contribution < 1.29 is 38.0 Å². The molecular weight excluding hydrogens is 759 g/mol. The first kappa shape index (κ1) is 43.2. The minimum Gasteiger partial charge on any atom is -0.493 e. The highest BCUT2D eigenvalue weighted by atomic mass is 16.6. The Bertz CT molecular complexity index is 2530. The number of cyclic esters (lactones) is 1. The summed E-state index contributed by atoms with van der Waals surface area (Å²) < 4.78 is 37.4. The van der Waals surface area contributed by atoms with E-state index in [0.717, 1.165) is 24.2 Å². The summed E-state index contributed by atoms with van der Waals surface area (Å²) in [4.78, 5) is 22.6. The molecule has 0 saturated heterocycles. The fourth-order valence-corrected chi connectivity index (χ4v) is 8.13. The molecule has 4 aromatic carbocycles. The molecule has 2 aromatic heterocycles. The number of hydrogen-bond acceptors (Lipinski definition) is 9. The van der Waals surface area contributed by atoms with Crippen molar-refractivity contribution in [1.82, 2.24) is 9.97 Å². The van der Waals surface area contributed by atoms with Gasteiger partial charge in [-0.3, -0.25) is 0 Å². The van der Waals surface area contributed by atoms with Crippen LogP contribution in [-0.4, -0.2) is 64.5 Å². The summed E-state index contributed by atoms with van der Waals surface area (Å²) in [6.45, 7) is 8.13. The van der Waals surface area contributed by atoms with Gasteiger partial charge in [-0.2, -0.15) is 0 Å². The molecule has 0 saturated carbocycles. The molecule has 0 bridgehead atoms. The van der Waals surface area contributed by atoms with Crippen LogP contribution in [0.2, 0.25) is 0 Å². The molecule has 8 rings (SSSR count). The highest BCUT2D eigenvalue weighted by molar-refractivity contribution is 6.06. The maximum absolute atomic E-state index is 11.6. The van der Waals surface area contributed by atoms with E-state index < -0.39 is 5.97 Å². The number of nitrogens with one attached hydrogen (secondary N) is 2. The average Bonchev–Trinajstić information content (AvgIpc) is 3.94. The van der Waals surface area contributed by atoms with Crippen LogP contribution in [0.3, 0.4) is 0 Å². The summed E-state index contributed by atoms with van der Waals surface area (Å²) in [5.41, 5.74) is 11.5. The second kappa shape index (κ2) is 19.6. The minimum absolute atomic E-state index is 0.216. The molecule has 6 aromatic rings. The number of carbonyl (C=O) groups is 1. The fourth-order valence-electron chi connectivity index (χ4n) is 8.13. The lowest BCUT2D eigenvalue weighted by Crippen LogP contribution is -2.12. The van der Waals surface area contributed by atoms with Crippen LogP contribution in [0.15, 0.2) is 77.5 Å². The fraction of sp³-hybridized carbons (Fsp3) is 0.347. The van der Waals surface area contributed by atoms with E-state index >= 15 is 0 Å². The van der Waals surface area contributed by atoms with E-state index in [1.165, 1.54) is 96.8 Å². The summed E-state index contributed by atoms with van der Waals surface area (Å²) in [6, 6.07) is 20.8. The number of hydrogen-bond donors (Lipinski definition) is 2. The number of benzene rings is 4. The van der Waals surface area contributed by atoms with Crippen LogP contribution in [0.1, 0.15) is 78.1 Å². The molecule has 1 unspecified atom stereocenters. The Balaban J connectivity index is 0.000000161. The van der Waals surface area contributed by atoms with Gasteiger partial charge in [0.1, 0.15) is 0 Å². The highest BCUT2D eigenvalue weighted by Crippen LogP contribution is 2.44. The molecule has 11 nitrogen and oxygen atoms in total. The minimum atomic E-state index is -0.487. The number of fused-ring (bicyclic) bond motifs is 4. The Kier molecular flexibility index (Phi) is 14.1. The van der Waals surface area contributed by atoms with Crippen LogP contribution in [0, 0.1) is 13.8 Å². The summed E-state index contributed by atoms with van der Waals surface area (Å²) in [5.74, 6) is 3.89. The van der Waals surface area contributed by atoms with E-state index in [2.05, 4.69) is 84.4 Å². The molecule has 2 N–H and O–H groups in total. The topological polar surface area (TPSA) is 126 Å². The number of methoxy groups -OCH3 is 6. The van der Waals surface area contributed by atoms with Gasteiger partial charge in [0.05, 0.1) is 42.7 Å². The zero-order valence-electron chi connectivity index (χ0n) is 36.5. The first-order valence-electron chi connectivity index (χ1n) is 20.3. The Morgan fingerprint density at radius 2 is 1.37 bits per heavy atom. The number of ether oxygens (including phenoxy) is 7. The average molecular weight is 816 g/mol. The van der Waals surface area contributed by atoms with Gasteiger partial charge in [0.25, 0.3) is 0 Å². The second-order valence-electron chi connectivity index (χ2n) is 14.9. The van der Waals surface area contributed by atoms with Crippen molar-refractivity contribution in [3.05, 3.63) is 112 Å². The van der Waals surface area contributed by atoms with Crippen molar-refractivity contribution in [1.29, 1.82) is 0 Å². The van der Waals surface area contributed by atoms with Crippen LogP contribution < -0.4 is 28.4 Å². The molecule has 316 valence electrons. The number of aromatic nitrogens is 2. The largest absolute Gasteiger partial charge is 0.493 e. The molecule has 1 aliphatic carbocycles. The molecule has 0 fully saturated rings. The van der Waals surface area contributed by atoms with E-state index in [-0.39, 0.29) is 5.70 Å². The summed E-state index contributed by atoms with van der Waals surface area (Å²) in [5, 5.41) is 2.77. The maximum atomic E-state index is 11.6. The van der Waals surface area contributed by atoms with Crippen LogP contribution in [0.4, 0.5) is 0 Å². The Morgan fingerprint density at radius 3 is 1.98 bits per heavy atom. The highest BCUT2D eigenvalue weighted by Gasteiger charge is 2.27. The number of nitrogens with zero attached hydrogens (tertiary/aromatic N) is 1. The van der Waals surface area contributed by atoms with Crippen molar-refractivity contribution in [3.8, 4) is 34.5 Å². The number of H-pyrrole nitrogens is 2. The Hall–Kier alpha value is -6.36. The zero-order valence-corrected chi connectivity index (χ0v) is 36.5. The first-order valence-corrected chi connectivity index (χ1v) is 20.3. The van der Waals surface area contributed by atoms with E-state index in [9.17, 15) is 4.79 Å². The second-order valence-corrected chi connectivity index (χ2v) is 14.9. The predicted molar refractivity (Wildman–Crippen MR) is 239 cm³/mol. The smallest absolute Gasteiger partial charge is 0.363 e. The lowest BCUT2D eigenvalue weighted by Gasteiger charge is -2.24. The van der Waals surface area contributed by atoms with E-state index in [4.69, 9.17) is 33.2 Å². The number of aryl methyl sites for hydroxylation is 4. The van der Waals surface area contributed by atoms with Crippen LogP contribution in [-0.2, 0) is 28.8 Å². The Morgan fingerprint density at radius 1 is 0.733 bits per heavy atom. The molecule has 11 heteroatoms. The van der Waals surface area contributed by atoms with Gasteiger partial charge in [0.2, 0.25) is 11.5 Å². The zero-order chi connectivity index (χ0) is 42.9. The summed E-state index contributed by atoms with van der Waals surface area (Å²) in [7, 11) is 9.57. The number of rotatable bonds is 11. The third-order valence-corrected chi connectivity index (χ3v) is 10.9. The van der Waals surface area contributed by atoms with Gasteiger partial charge in [-0.05, 0) is 111 Å². The number of aliphatic imine (C=N–C) groups is 1. The first-order chi connectivity index (χ1) is 29.1. The molecule has 2 aliphatic rings. The Labute approximate surface area is 352 Å². The normalized spacial score (nSPS) is 15.0. The maximum Gasteiger partial charge on any atom is 0.363 e. The molecule has 60 heavy (non-hydrogen) atoms. The molecule has 0 amide bonds. The third kappa shape index (κ3) is 9.25. The van der Waals surface area contributed by atoms with Gasteiger partial charge in [-0.15, -0.1) is 0 Å². The molecule has 3 heterocycles. The van der Waals surface area contributed by atoms with Gasteiger partial charge in [-0.1, -0.05) is 42.7 Å². The SMILES string of the molecule is CCCc1c[nH]c2ccc(C)cc12.COc1ccc(/C=C2\N=C(C)OC2=O)c(OC)c1OC.COc1ccc(CC2CCCc3c2[nH]c2ccc(C)cc32)c(OC)c1OC.